The summed E-state index contributed by atoms with van der Waals surface area (Å²) in [4.78, 5) is 2.62. The van der Waals surface area contributed by atoms with Gasteiger partial charge in [0.2, 0.25) is 0 Å². The summed E-state index contributed by atoms with van der Waals surface area (Å²) in [6.45, 7) is 7.43. The van der Waals surface area contributed by atoms with Crippen molar-refractivity contribution in [3.05, 3.63) is 22.6 Å². The Labute approximate surface area is 74.0 Å². The van der Waals surface area contributed by atoms with Gasteiger partial charge in [-0.05, 0) is 25.2 Å². The lowest BCUT2D eigenvalue weighted by Gasteiger charge is -2.14. The first-order valence-electron chi connectivity index (χ1n) is 3.86. The molecular weight excluding hydrogens is 170 g/mol. The van der Waals surface area contributed by atoms with Crippen molar-refractivity contribution in [2.24, 2.45) is 5.11 Å². The van der Waals surface area contributed by atoms with Crippen LogP contribution in [0.3, 0.4) is 0 Å². The minimum absolute atomic E-state index is 0.408. The van der Waals surface area contributed by atoms with E-state index in [0.29, 0.717) is 13.2 Å². The van der Waals surface area contributed by atoms with Crippen LogP contribution >= 0.6 is 0 Å². The van der Waals surface area contributed by atoms with Gasteiger partial charge in [0, 0.05) is 11.5 Å². The molecule has 0 unspecified atom stereocenters. The highest BCUT2D eigenvalue weighted by Gasteiger charge is 2.11. The molecule has 0 bridgehead atoms. The predicted molar refractivity (Wildman–Crippen MR) is 52.5 cm³/mol. The molecule has 12 heavy (non-hydrogen) atoms. The Bertz CT molecular complexity index is 191. The standard InChI is InChI=1S/C7H15N3OSi/c1-12(2,3)11-7-5-4-6-9-10-8/h4-5H,6-7H2,1-3H3/b5-4+. The quantitative estimate of drug-likeness (QED) is 0.213. The highest BCUT2D eigenvalue weighted by atomic mass is 28.4. The van der Waals surface area contributed by atoms with E-state index < -0.39 is 8.32 Å². The van der Waals surface area contributed by atoms with Crippen molar-refractivity contribution in [1.29, 1.82) is 0 Å². The minimum atomic E-state index is -1.38. The largest absolute Gasteiger partial charge is 0.414 e. The molecule has 0 amide bonds. The van der Waals surface area contributed by atoms with Crippen molar-refractivity contribution in [3.63, 3.8) is 0 Å². The summed E-state index contributed by atoms with van der Waals surface area (Å²) in [7, 11) is -1.38. The molecule has 0 N–H and O–H groups in total. The van der Waals surface area contributed by atoms with Gasteiger partial charge in [-0.1, -0.05) is 17.3 Å². The monoisotopic (exact) mass is 185 g/mol. The normalized spacial score (nSPS) is 11.6. The second-order valence-electron chi connectivity index (χ2n) is 3.31. The Morgan fingerprint density at radius 1 is 1.42 bits per heavy atom. The number of nitrogens with zero attached hydrogens (tertiary/aromatic N) is 3. The third kappa shape index (κ3) is 9.23. The van der Waals surface area contributed by atoms with Gasteiger partial charge in [0.05, 0.1) is 6.61 Å². The zero-order chi connectivity index (χ0) is 9.45. The molecule has 0 rings (SSSR count). The molecule has 0 radical (unpaired) electrons. The van der Waals surface area contributed by atoms with Crippen LogP contribution in [0, 0.1) is 0 Å². The third-order valence-corrected chi connectivity index (χ3v) is 2.06. The van der Waals surface area contributed by atoms with Crippen LogP contribution in [0.1, 0.15) is 0 Å². The van der Waals surface area contributed by atoms with Crippen LogP contribution < -0.4 is 0 Å². The number of azide groups is 1. The summed E-state index contributed by atoms with van der Waals surface area (Å²) in [5, 5.41) is 3.36. The molecule has 0 fully saturated rings. The maximum absolute atomic E-state index is 7.95. The molecule has 0 spiro atoms. The Kier molecular flexibility index (Phi) is 5.45. The van der Waals surface area contributed by atoms with E-state index >= 15 is 0 Å². The fourth-order valence-electron chi connectivity index (χ4n) is 0.524. The van der Waals surface area contributed by atoms with Crippen LogP contribution in [-0.2, 0) is 4.43 Å². The van der Waals surface area contributed by atoms with Gasteiger partial charge in [0.25, 0.3) is 0 Å². The van der Waals surface area contributed by atoms with Crippen LogP contribution in [0.5, 0.6) is 0 Å². The summed E-state index contributed by atoms with van der Waals surface area (Å²) in [6.07, 6.45) is 3.69. The average Bonchev–Trinajstić information content (AvgIpc) is 1.94. The molecular formula is C7H15N3OSi. The molecule has 0 aromatic heterocycles. The minimum Gasteiger partial charge on any atom is -0.414 e. The van der Waals surface area contributed by atoms with Gasteiger partial charge < -0.3 is 4.43 Å². The van der Waals surface area contributed by atoms with Gasteiger partial charge in [0.15, 0.2) is 8.32 Å². The van der Waals surface area contributed by atoms with Crippen LogP contribution in [0.4, 0.5) is 0 Å². The lowest BCUT2D eigenvalue weighted by atomic mass is 10.5. The number of hydrogen-bond donors (Lipinski definition) is 0. The topological polar surface area (TPSA) is 58.0 Å². The van der Waals surface area contributed by atoms with Crippen LogP contribution in [0.15, 0.2) is 17.3 Å². The molecule has 0 aliphatic carbocycles. The second kappa shape index (κ2) is 5.82. The van der Waals surface area contributed by atoms with Crippen molar-refractivity contribution in [3.8, 4) is 0 Å². The number of hydrogen-bond acceptors (Lipinski definition) is 2. The first kappa shape index (κ1) is 11.2. The fraction of sp³-hybridized carbons (Fsp3) is 0.714. The molecule has 68 valence electrons. The SMILES string of the molecule is C[Si](C)(C)OC/C=C/CN=[N+]=[N-]. The van der Waals surface area contributed by atoms with Crippen molar-refractivity contribution in [2.75, 3.05) is 13.2 Å². The number of rotatable bonds is 5. The molecule has 0 saturated heterocycles. The van der Waals surface area contributed by atoms with Crippen molar-refractivity contribution in [1.82, 2.24) is 0 Å². The summed E-state index contributed by atoms with van der Waals surface area (Å²) < 4.78 is 5.53. The van der Waals surface area contributed by atoms with Gasteiger partial charge in [-0.2, -0.15) is 0 Å². The summed E-state index contributed by atoms with van der Waals surface area (Å²) in [5.41, 5.74) is 7.95. The van der Waals surface area contributed by atoms with E-state index in [2.05, 4.69) is 29.7 Å². The summed E-state index contributed by atoms with van der Waals surface area (Å²) in [6, 6.07) is 0. The van der Waals surface area contributed by atoms with Crippen LogP contribution in [0.25, 0.3) is 10.4 Å². The molecule has 0 aromatic rings. The Hall–Kier alpha value is -0.773. The zero-order valence-corrected chi connectivity index (χ0v) is 8.82. The lowest BCUT2D eigenvalue weighted by Crippen LogP contribution is -2.25. The van der Waals surface area contributed by atoms with E-state index in [1.165, 1.54) is 0 Å². The van der Waals surface area contributed by atoms with Crippen molar-refractivity contribution < 1.29 is 4.43 Å². The highest BCUT2D eigenvalue weighted by Crippen LogP contribution is 2.01. The molecule has 0 atom stereocenters. The van der Waals surface area contributed by atoms with Gasteiger partial charge in [-0.3, -0.25) is 0 Å². The Morgan fingerprint density at radius 2 is 2.08 bits per heavy atom. The van der Waals surface area contributed by atoms with Gasteiger partial charge >= 0.3 is 0 Å². The lowest BCUT2D eigenvalue weighted by molar-refractivity contribution is 0.357. The first-order valence-corrected chi connectivity index (χ1v) is 7.27. The van der Waals surface area contributed by atoms with E-state index in [1.807, 2.05) is 6.08 Å². The van der Waals surface area contributed by atoms with Crippen LogP contribution in [-0.4, -0.2) is 21.5 Å². The summed E-state index contributed by atoms with van der Waals surface area (Å²) in [5.74, 6) is 0. The highest BCUT2D eigenvalue weighted by molar-refractivity contribution is 6.69. The molecule has 0 aliphatic heterocycles. The first-order chi connectivity index (χ1) is 5.56. The van der Waals surface area contributed by atoms with E-state index in [4.69, 9.17) is 9.96 Å². The zero-order valence-electron chi connectivity index (χ0n) is 7.82. The van der Waals surface area contributed by atoms with Gasteiger partial charge in [0.1, 0.15) is 0 Å². The van der Waals surface area contributed by atoms with Crippen molar-refractivity contribution in [2.45, 2.75) is 19.6 Å². The summed E-state index contributed by atoms with van der Waals surface area (Å²) >= 11 is 0. The predicted octanol–water partition coefficient (Wildman–Crippen LogP) is 2.70. The molecule has 0 aromatic carbocycles. The Balaban J connectivity index is 3.43. The van der Waals surface area contributed by atoms with E-state index in [-0.39, 0.29) is 0 Å². The van der Waals surface area contributed by atoms with E-state index in [1.54, 1.807) is 6.08 Å². The van der Waals surface area contributed by atoms with Gasteiger partial charge in [-0.15, -0.1) is 0 Å². The molecule has 0 heterocycles. The third-order valence-electron chi connectivity index (χ3n) is 1.03. The molecule has 0 aliphatic rings. The second-order valence-corrected chi connectivity index (χ2v) is 7.82. The van der Waals surface area contributed by atoms with Crippen LogP contribution in [0.2, 0.25) is 19.6 Å². The molecule has 4 nitrogen and oxygen atoms in total. The van der Waals surface area contributed by atoms with Gasteiger partial charge in [-0.25, -0.2) is 0 Å². The average molecular weight is 185 g/mol. The molecule has 0 saturated carbocycles. The fourth-order valence-corrected chi connectivity index (χ4v) is 1.12. The van der Waals surface area contributed by atoms with E-state index in [9.17, 15) is 0 Å². The van der Waals surface area contributed by atoms with Crippen molar-refractivity contribution >= 4 is 8.32 Å². The van der Waals surface area contributed by atoms with E-state index in [0.717, 1.165) is 0 Å². The Morgan fingerprint density at radius 3 is 2.58 bits per heavy atom. The molecule has 5 heteroatoms. The maximum atomic E-state index is 7.95. The maximum Gasteiger partial charge on any atom is 0.184 e. The smallest absolute Gasteiger partial charge is 0.184 e.